The van der Waals surface area contributed by atoms with Gasteiger partial charge >= 0.3 is 0 Å². The molecule has 0 saturated carbocycles. The lowest BCUT2D eigenvalue weighted by molar-refractivity contribution is 0.628. The van der Waals surface area contributed by atoms with Crippen molar-refractivity contribution < 1.29 is 4.39 Å². The van der Waals surface area contributed by atoms with Crippen LogP contribution in [0.1, 0.15) is 5.56 Å². The first-order valence-electron chi connectivity index (χ1n) is 6.77. The highest BCUT2D eigenvalue weighted by Crippen LogP contribution is 2.17. The summed E-state index contributed by atoms with van der Waals surface area (Å²) in [6.07, 6.45) is 2.11. The Bertz CT molecular complexity index is 713. The average molecular weight is 268 g/mol. The molecule has 0 aliphatic heterocycles. The highest BCUT2D eigenvalue weighted by atomic mass is 19.1. The highest BCUT2D eigenvalue weighted by Gasteiger charge is 2.00. The molecule has 0 amide bonds. The van der Waals surface area contributed by atoms with Gasteiger partial charge in [0, 0.05) is 30.5 Å². The standard InChI is InChI=1S/C17H17FN2/c1-13-2-7-17-14(12-13)8-10-20(17)11-9-19-16-5-3-15(18)4-6-16/h2-8,10,12,19H,9,11H2,1H3. The van der Waals surface area contributed by atoms with E-state index in [2.05, 4.69) is 47.3 Å². The van der Waals surface area contributed by atoms with E-state index in [0.717, 1.165) is 18.8 Å². The number of halogens is 1. The van der Waals surface area contributed by atoms with Gasteiger partial charge in [-0.05, 0) is 54.8 Å². The molecule has 0 spiro atoms. The first-order chi connectivity index (χ1) is 9.72. The van der Waals surface area contributed by atoms with E-state index in [-0.39, 0.29) is 5.82 Å². The normalized spacial score (nSPS) is 10.9. The average Bonchev–Trinajstić information content (AvgIpc) is 2.83. The summed E-state index contributed by atoms with van der Waals surface area (Å²) in [6.45, 7) is 3.79. The van der Waals surface area contributed by atoms with Gasteiger partial charge in [-0.15, -0.1) is 0 Å². The summed E-state index contributed by atoms with van der Waals surface area (Å²) in [5.74, 6) is -0.206. The van der Waals surface area contributed by atoms with Gasteiger partial charge in [-0.2, -0.15) is 0 Å². The molecule has 20 heavy (non-hydrogen) atoms. The van der Waals surface area contributed by atoms with Crippen molar-refractivity contribution in [2.45, 2.75) is 13.5 Å². The van der Waals surface area contributed by atoms with Crippen molar-refractivity contribution in [3.8, 4) is 0 Å². The van der Waals surface area contributed by atoms with Gasteiger partial charge in [-0.3, -0.25) is 0 Å². The molecule has 0 fully saturated rings. The quantitative estimate of drug-likeness (QED) is 0.750. The predicted molar refractivity (Wildman–Crippen MR) is 81.6 cm³/mol. The van der Waals surface area contributed by atoms with Crippen LogP contribution in [0.3, 0.4) is 0 Å². The van der Waals surface area contributed by atoms with Crippen LogP contribution in [-0.2, 0) is 6.54 Å². The third-order valence-electron chi connectivity index (χ3n) is 3.45. The molecule has 0 aliphatic rings. The molecule has 0 radical (unpaired) electrons. The van der Waals surface area contributed by atoms with Crippen LogP contribution in [0.2, 0.25) is 0 Å². The van der Waals surface area contributed by atoms with Crippen molar-refractivity contribution >= 4 is 16.6 Å². The molecule has 2 nitrogen and oxygen atoms in total. The summed E-state index contributed by atoms with van der Waals surface area (Å²) in [4.78, 5) is 0. The van der Waals surface area contributed by atoms with Crippen LogP contribution in [0.15, 0.2) is 54.7 Å². The fourth-order valence-electron chi connectivity index (χ4n) is 2.40. The second kappa shape index (κ2) is 5.37. The SMILES string of the molecule is Cc1ccc2c(ccn2CCNc2ccc(F)cc2)c1. The third kappa shape index (κ3) is 2.67. The van der Waals surface area contributed by atoms with E-state index in [1.54, 1.807) is 12.1 Å². The number of hydrogen-bond donors (Lipinski definition) is 1. The molecule has 0 saturated heterocycles. The van der Waals surface area contributed by atoms with Gasteiger partial charge < -0.3 is 9.88 Å². The van der Waals surface area contributed by atoms with Crippen molar-refractivity contribution in [1.29, 1.82) is 0 Å². The third-order valence-corrected chi connectivity index (χ3v) is 3.45. The lowest BCUT2D eigenvalue weighted by Gasteiger charge is -2.08. The largest absolute Gasteiger partial charge is 0.383 e. The Kier molecular flexibility index (Phi) is 3.42. The van der Waals surface area contributed by atoms with E-state index in [4.69, 9.17) is 0 Å². The maximum atomic E-state index is 12.8. The van der Waals surface area contributed by atoms with Crippen LogP contribution in [0.25, 0.3) is 10.9 Å². The molecular weight excluding hydrogens is 251 g/mol. The van der Waals surface area contributed by atoms with E-state index < -0.39 is 0 Å². The molecule has 2 aromatic carbocycles. The second-order valence-electron chi connectivity index (χ2n) is 5.01. The van der Waals surface area contributed by atoms with Crippen LogP contribution < -0.4 is 5.32 Å². The zero-order valence-corrected chi connectivity index (χ0v) is 11.4. The summed E-state index contributed by atoms with van der Waals surface area (Å²) in [5, 5.41) is 4.57. The number of hydrogen-bond acceptors (Lipinski definition) is 1. The van der Waals surface area contributed by atoms with Gasteiger partial charge in [0.05, 0.1) is 0 Å². The second-order valence-corrected chi connectivity index (χ2v) is 5.01. The first-order valence-corrected chi connectivity index (χ1v) is 6.77. The van der Waals surface area contributed by atoms with Gasteiger partial charge in [0.1, 0.15) is 5.82 Å². The van der Waals surface area contributed by atoms with Gasteiger partial charge in [0.2, 0.25) is 0 Å². The van der Waals surface area contributed by atoms with Crippen molar-refractivity contribution in [3.63, 3.8) is 0 Å². The number of benzene rings is 2. The molecular formula is C17H17FN2. The summed E-state index contributed by atoms with van der Waals surface area (Å²) in [6, 6.07) is 15.1. The van der Waals surface area contributed by atoms with Gasteiger partial charge in [0.25, 0.3) is 0 Å². The highest BCUT2D eigenvalue weighted by molar-refractivity contribution is 5.80. The van der Waals surface area contributed by atoms with Crippen LogP contribution in [0.5, 0.6) is 0 Å². The summed E-state index contributed by atoms with van der Waals surface area (Å²) < 4.78 is 15.0. The topological polar surface area (TPSA) is 17.0 Å². The maximum Gasteiger partial charge on any atom is 0.123 e. The minimum absolute atomic E-state index is 0.206. The monoisotopic (exact) mass is 268 g/mol. The number of aromatic nitrogens is 1. The van der Waals surface area contributed by atoms with Crippen molar-refractivity contribution in [2.75, 3.05) is 11.9 Å². The fraction of sp³-hybridized carbons (Fsp3) is 0.176. The lowest BCUT2D eigenvalue weighted by Crippen LogP contribution is -2.09. The molecule has 1 N–H and O–H groups in total. The predicted octanol–water partition coefficient (Wildman–Crippen LogP) is 4.20. The molecule has 0 unspecified atom stereocenters. The molecule has 0 bridgehead atoms. The lowest BCUT2D eigenvalue weighted by atomic mass is 10.2. The number of anilines is 1. The van der Waals surface area contributed by atoms with E-state index in [1.807, 2.05) is 0 Å². The minimum atomic E-state index is -0.206. The van der Waals surface area contributed by atoms with Crippen LogP contribution >= 0.6 is 0 Å². The Morgan fingerprint density at radius 2 is 1.85 bits per heavy atom. The first kappa shape index (κ1) is 12.7. The molecule has 3 aromatic rings. The molecule has 0 atom stereocenters. The molecule has 1 aromatic heterocycles. The zero-order valence-electron chi connectivity index (χ0n) is 11.4. The molecule has 1 heterocycles. The van der Waals surface area contributed by atoms with Gasteiger partial charge in [0.15, 0.2) is 0 Å². The molecule has 102 valence electrons. The summed E-state index contributed by atoms with van der Waals surface area (Å²) >= 11 is 0. The Balaban J connectivity index is 1.66. The van der Waals surface area contributed by atoms with Crippen molar-refractivity contribution in [2.24, 2.45) is 0 Å². The summed E-state index contributed by atoms with van der Waals surface area (Å²) in [7, 11) is 0. The van der Waals surface area contributed by atoms with Crippen molar-refractivity contribution in [1.82, 2.24) is 4.57 Å². The molecule has 3 rings (SSSR count). The Hall–Kier alpha value is -2.29. The summed E-state index contributed by atoms with van der Waals surface area (Å²) in [5.41, 5.74) is 3.47. The maximum absolute atomic E-state index is 12.8. The Morgan fingerprint density at radius 3 is 2.65 bits per heavy atom. The van der Waals surface area contributed by atoms with E-state index in [1.165, 1.54) is 28.6 Å². The van der Waals surface area contributed by atoms with Crippen LogP contribution in [0.4, 0.5) is 10.1 Å². The van der Waals surface area contributed by atoms with E-state index in [9.17, 15) is 4.39 Å². The van der Waals surface area contributed by atoms with E-state index >= 15 is 0 Å². The number of rotatable bonds is 4. The Morgan fingerprint density at radius 1 is 1.05 bits per heavy atom. The van der Waals surface area contributed by atoms with Gasteiger partial charge in [-0.1, -0.05) is 11.6 Å². The number of nitrogens with one attached hydrogen (secondary N) is 1. The van der Waals surface area contributed by atoms with Crippen LogP contribution in [-0.4, -0.2) is 11.1 Å². The molecule has 0 aliphatic carbocycles. The smallest absolute Gasteiger partial charge is 0.123 e. The zero-order chi connectivity index (χ0) is 13.9. The van der Waals surface area contributed by atoms with E-state index in [0.29, 0.717) is 0 Å². The van der Waals surface area contributed by atoms with Crippen molar-refractivity contribution in [3.05, 3.63) is 66.1 Å². The Labute approximate surface area is 117 Å². The molecule has 3 heteroatoms. The number of fused-ring (bicyclic) bond motifs is 1. The fourth-order valence-corrected chi connectivity index (χ4v) is 2.40. The van der Waals surface area contributed by atoms with Crippen LogP contribution in [0, 0.1) is 12.7 Å². The number of aryl methyl sites for hydroxylation is 1. The number of nitrogens with zero attached hydrogens (tertiary/aromatic N) is 1. The van der Waals surface area contributed by atoms with Gasteiger partial charge in [-0.25, -0.2) is 4.39 Å². The minimum Gasteiger partial charge on any atom is -0.383 e.